The highest BCUT2D eigenvalue weighted by molar-refractivity contribution is 8.13. The molecule has 96 valence electrons. The number of aromatic nitrogens is 1. The van der Waals surface area contributed by atoms with Crippen LogP contribution in [0.5, 0.6) is 5.75 Å². The van der Waals surface area contributed by atoms with E-state index in [-0.39, 0.29) is 5.75 Å². The molecule has 0 aliphatic rings. The molecule has 0 amide bonds. The molecular weight excluding hydrogens is 274 g/mol. The van der Waals surface area contributed by atoms with Crippen LogP contribution in [0, 0.1) is 0 Å². The monoisotopic (exact) mass is 285 g/mol. The average molecular weight is 286 g/mol. The number of halogens is 1. The van der Waals surface area contributed by atoms with Crippen LogP contribution in [-0.2, 0) is 9.05 Å². The maximum Gasteiger partial charge on any atom is 0.232 e. The van der Waals surface area contributed by atoms with E-state index in [1.54, 1.807) is 6.20 Å². The van der Waals surface area contributed by atoms with Crippen molar-refractivity contribution in [2.24, 2.45) is 0 Å². The summed E-state index contributed by atoms with van der Waals surface area (Å²) in [6, 6.07) is 9.42. The summed E-state index contributed by atoms with van der Waals surface area (Å²) in [6.07, 6.45) is 2.05. The van der Waals surface area contributed by atoms with Gasteiger partial charge in [-0.25, -0.2) is 8.42 Å². The van der Waals surface area contributed by atoms with Crippen LogP contribution in [0.15, 0.2) is 36.5 Å². The van der Waals surface area contributed by atoms with Crippen molar-refractivity contribution in [1.82, 2.24) is 4.98 Å². The van der Waals surface area contributed by atoms with Gasteiger partial charge >= 0.3 is 0 Å². The molecule has 0 spiro atoms. The smallest absolute Gasteiger partial charge is 0.232 e. The van der Waals surface area contributed by atoms with E-state index in [0.717, 1.165) is 10.9 Å². The lowest BCUT2D eigenvalue weighted by molar-refractivity contribution is 0.321. The molecule has 2 rings (SSSR count). The van der Waals surface area contributed by atoms with Crippen LogP contribution in [0.1, 0.15) is 6.42 Å². The molecule has 1 aromatic heterocycles. The zero-order valence-electron chi connectivity index (χ0n) is 9.54. The van der Waals surface area contributed by atoms with Gasteiger partial charge in [-0.1, -0.05) is 18.2 Å². The number of ether oxygens (including phenoxy) is 1. The van der Waals surface area contributed by atoms with Crippen LogP contribution in [-0.4, -0.2) is 25.8 Å². The van der Waals surface area contributed by atoms with E-state index in [4.69, 9.17) is 15.4 Å². The van der Waals surface area contributed by atoms with Gasteiger partial charge in [0.15, 0.2) is 0 Å². The third-order valence-corrected chi connectivity index (χ3v) is 3.62. The summed E-state index contributed by atoms with van der Waals surface area (Å²) in [7, 11) is 1.67. The zero-order chi connectivity index (χ0) is 13.0. The molecule has 2 aromatic rings. The number of hydrogen-bond acceptors (Lipinski definition) is 4. The van der Waals surface area contributed by atoms with E-state index < -0.39 is 9.05 Å². The number of fused-ring (bicyclic) bond motifs is 1. The topological polar surface area (TPSA) is 56.3 Å². The standard InChI is InChI=1S/C12H12ClNO3S/c13-18(15,16)9-3-8-17-11-6-1-4-10-5-2-7-14-12(10)11/h1-2,4-7H,3,8-9H2. The average Bonchev–Trinajstić information content (AvgIpc) is 2.33. The van der Waals surface area contributed by atoms with Gasteiger partial charge in [0.2, 0.25) is 9.05 Å². The number of nitrogens with zero attached hydrogens (tertiary/aromatic N) is 1. The first kappa shape index (κ1) is 13.1. The molecular formula is C12H12ClNO3S. The first-order valence-electron chi connectivity index (χ1n) is 5.45. The van der Waals surface area contributed by atoms with Gasteiger partial charge in [-0.3, -0.25) is 4.98 Å². The van der Waals surface area contributed by atoms with Crippen molar-refractivity contribution in [3.05, 3.63) is 36.5 Å². The summed E-state index contributed by atoms with van der Waals surface area (Å²) >= 11 is 0. The lowest BCUT2D eigenvalue weighted by atomic mass is 10.2. The summed E-state index contributed by atoms with van der Waals surface area (Å²) in [5.74, 6) is 0.562. The quantitative estimate of drug-likeness (QED) is 0.626. The third-order valence-electron chi connectivity index (χ3n) is 2.39. The molecule has 0 fully saturated rings. The Labute approximate surface area is 110 Å². The van der Waals surface area contributed by atoms with Gasteiger partial charge in [0.1, 0.15) is 11.3 Å². The van der Waals surface area contributed by atoms with Crippen LogP contribution in [0.2, 0.25) is 0 Å². The van der Waals surface area contributed by atoms with Crippen molar-refractivity contribution in [2.75, 3.05) is 12.4 Å². The Balaban J connectivity index is 2.04. The number of para-hydroxylation sites is 1. The second-order valence-electron chi connectivity index (χ2n) is 3.78. The fourth-order valence-corrected chi connectivity index (χ4v) is 2.40. The second-order valence-corrected chi connectivity index (χ2v) is 6.67. The minimum Gasteiger partial charge on any atom is -0.491 e. The molecule has 18 heavy (non-hydrogen) atoms. The summed E-state index contributed by atoms with van der Waals surface area (Å²) in [4.78, 5) is 4.24. The lowest BCUT2D eigenvalue weighted by Crippen LogP contribution is -2.05. The molecule has 0 aliphatic carbocycles. The van der Waals surface area contributed by atoms with Crippen molar-refractivity contribution in [3.63, 3.8) is 0 Å². The highest BCUT2D eigenvalue weighted by Gasteiger charge is 2.06. The van der Waals surface area contributed by atoms with Crippen molar-refractivity contribution >= 4 is 30.6 Å². The minimum atomic E-state index is -3.44. The first-order valence-corrected chi connectivity index (χ1v) is 7.93. The van der Waals surface area contributed by atoms with Gasteiger partial charge in [-0.15, -0.1) is 0 Å². The highest BCUT2D eigenvalue weighted by Crippen LogP contribution is 2.22. The summed E-state index contributed by atoms with van der Waals surface area (Å²) in [6.45, 7) is 0.293. The maximum atomic E-state index is 10.8. The summed E-state index contributed by atoms with van der Waals surface area (Å²) < 4.78 is 27.0. The Kier molecular flexibility index (Phi) is 4.04. The van der Waals surface area contributed by atoms with Crippen LogP contribution >= 0.6 is 10.7 Å². The predicted molar refractivity (Wildman–Crippen MR) is 71.5 cm³/mol. The lowest BCUT2D eigenvalue weighted by Gasteiger charge is -2.07. The van der Waals surface area contributed by atoms with Gasteiger partial charge in [0, 0.05) is 22.3 Å². The van der Waals surface area contributed by atoms with Gasteiger partial charge in [-0.2, -0.15) is 0 Å². The van der Waals surface area contributed by atoms with Gasteiger partial charge < -0.3 is 4.74 Å². The minimum absolute atomic E-state index is 0.0905. The predicted octanol–water partition coefficient (Wildman–Crippen LogP) is 2.57. The molecule has 6 heteroatoms. The van der Waals surface area contributed by atoms with Crippen LogP contribution in [0.25, 0.3) is 10.9 Å². The SMILES string of the molecule is O=S(=O)(Cl)CCCOc1cccc2cccnc12. The Morgan fingerprint density at radius 1 is 1.22 bits per heavy atom. The van der Waals surface area contributed by atoms with Crippen LogP contribution < -0.4 is 4.74 Å². The van der Waals surface area contributed by atoms with E-state index in [9.17, 15) is 8.42 Å². The molecule has 0 bridgehead atoms. The largest absolute Gasteiger partial charge is 0.491 e. The number of benzene rings is 1. The number of hydrogen-bond donors (Lipinski definition) is 0. The van der Waals surface area contributed by atoms with E-state index >= 15 is 0 Å². The molecule has 0 saturated heterocycles. The molecule has 4 nitrogen and oxygen atoms in total. The van der Waals surface area contributed by atoms with Gasteiger partial charge in [0.05, 0.1) is 12.4 Å². The van der Waals surface area contributed by atoms with E-state index in [2.05, 4.69) is 4.98 Å². The van der Waals surface area contributed by atoms with Gasteiger partial charge in [-0.05, 0) is 18.6 Å². The molecule has 0 saturated carbocycles. The summed E-state index contributed by atoms with van der Waals surface area (Å²) in [5, 5.41) is 0.986. The Morgan fingerprint density at radius 3 is 2.78 bits per heavy atom. The molecule has 0 radical (unpaired) electrons. The van der Waals surface area contributed by atoms with Crippen LogP contribution in [0.3, 0.4) is 0 Å². The molecule has 1 heterocycles. The van der Waals surface area contributed by atoms with E-state index in [1.165, 1.54) is 0 Å². The molecule has 0 aliphatic heterocycles. The molecule has 1 aromatic carbocycles. The van der Waals surface area contributed by atoms with Crippen molar-refractivity contribution in [2.45, 2.75) is 6.42 Å². The fourth-order valence-electron chi connectivity index (χ4n) is 1.61. The van der Waals surface area contributed by atoms with Gasteiger partial charge in [0.25, 0.3) is 0 Å². The number of rotatable bonds is 5. The highest BCUT2D eigenvalue weighted by atomic mass is 35.7. The fraction of sp³-hybridized carbons (Fsp3) is 0.250. The second kappa shape index (κ2) is 5.54. The van der Waals surface area contributed by atoms with E-state index in [0.29, 0.717) is 18.8 Å². The maximum absolute atomic E-state index is 10.8. The third kappa shape index (κ3) is 3.58. The Hall–Kier alpha value is -1.33. The van der Waals surface area contributed by atoms with Crippen molar-refractivity contribution in [3.8, 4) is 5.75 Å². The van der Waals surface area contributed by atoms with Crippen molar-refractivity contribution in [1.29, 1.82) is 0 Å². The number of pyridine rings is 1. The molecule has 0 N–H and O–H groups in total. The Bertz CT molecular complexity index is 637. The normalized spacial score (nSPS) is 11.6. The van der Waals surface area contributed by atoms with Crippen LogP contribution in [0.4, 0.5) is 0 Å². The van der Waals surface area contributed by atoms with E-state index in [1.807, 2.05) is 30.3 Å². The molecule has 0 unspecified atom stereocenters. The summed E-state index contributed by atoms with van der Waals surface area (Å²) in [5.41, 5.74) is 0.772. The zero-order valence-corrected chi connectivity index (χ0v) is 11.1. The first-order chi connectivity index (χ1) is 8.56. The molecule has 0 atom stereocenters. The van der Waals surface area contributed by atoms with Crippen molar-refractivity contribution < 1.29 is 13.2 Å². The Morgan fingerprint density at radius 2 is 2.00 bits per heavy atom.